The lowest BCUT2D eigenvalue weighted by Gasteiger charge is -2.23. The Kier molecular flexibility index (Phi) is 4.98. The predicted molar refractivity (Wildman–Crippen MR) is 44.4 cm³/mol. The van der Waals surface area contributed by atoms with Gasteiger partial charge in [-0.25, -0.2) is 8.78 Å². The van der Waals surface area contributed by atoms with Gasteiger partial charge in [0.25, 0.3) is 0 Å². The number of hydrogen-bond acceptors (Lipinski definition) is 0. The highest BCUT2D eigenvalue weighted by molar-refractivity contribution is 6.17. The minimum atomic E-state index is -2.19. The van der Waals surface area contributed by atoms with Gasteiger partial charge < -0.3 is 0 Å². The molecule has 0 aromatic rings. The number of halogens is 3. The van der Waals surface area contributed by atoms with E-state index in [2.05, 4.69) is 0 Å². The van der Waals surface area contributed by atoms with Crippen molar-refractivity contribution in [2.45, 2.75) is 39.5 Å². The Morgan fingerprint density at radius 2 is 1.91 bits per heavy atom. The Bertz CT molecular complexity index is 102. The highest BCUT2D eigenvalue weighted by Crippen LogP contribution is 2.29. The van der Waals surface area contributed by atoms with Gasteiger partial charge in [0, 0.05) is 12.3 Å². The monoisotopic (exact) mass is 184 g/mol. The summed E-state index contributed by atoms with van der Waals surface area (Å²) < 4.78 is 23.8. The molecule has 0 aromatic carbocycles. The summed E-state index contributed by atoms with van der Waals surface area (Å²) in [4.78, 5) is 0. The third kappa shape index (κ3) is 6.54. The molecule has 0 nitrogen and oxygen atoms in total. The van der Waals surface area contributed by atoms with E-state index >= 15 is 0 Å². The van der Waals surface area contributed by atoms with Crippen LogP contribution in [0.4, 0.5) is 8.78 Å². The maximum atomic E-state index is 11.9. The van der Waals surface area contributed by atoms with Crippen molar-refractivity contribution in [2.24, 2.45) is 5.41 Å². The van der Waals surface area contributed by atoms with E-state index in [4.69, 9.17) is 11.6 Å². The molecule has 0 fully saturated rings. The van der Waals surface area contributed by atoms with Gasteiger partial charge in [0.05, 0.1) is 0 Å². The lowest BCUT2D eigenvalue weighted by atomic mass is 9.85. The molecule has 0 atom stereocenters. The van der Waals surface area contributed by atoms with Crippen molar-refractivity contribution in [2.75, 3.05) is 5.88 Å². The molecule has 11 heavy (non-hydrogen) atoms. The molecular weight excluding hydrogens is 170 g/mol. The Labute approximate surface area is 71.9 Å². The topological polar surface area (TPSA) is 0 Å². The molecule has 0 spiro atoms. The minimum Gasteiger partial charge on any atom is -0.211 e. The minimum absolute atomic E-state index is 0.0239. The predicted octanol–water partition coefficient (Wildman–Crippen LogP) is 3.69. The third-order valence-corrected chi connectivity index (χ3v) is 1.96. The average Bonchev–Trinajstić information content (AvgIpc) is 1.81. The van der Waals surface area contributed by atoms with Crippen LogP contribution in [0.2, 0.25) is 0 Å². The van der Waals surface area contributed by atoms with Crippen LogP contribution >= 0.6 is 11.6 Å². The largest absolute Gasteiger partial charge is 0.239 e. The van der Waals surface area contributed by atoms with Gasteiger partial charge in [-0.15, -0.1) is 11.6 Å². The summed E-state index contributed by atoms with van der Waals surface area (Å²) in [6, 6.07) is 0. The molecular formula is C8H15ClF2. The normalized spacial score (nSPS) is 12.5. The van der Waals surface area contributed by atoms with Crippen LogP contribution in [-0.2, 0) is 0 Å². The molecule has 0 aromatic heterocycles. The molecule has 0 rings (SSSR count). The summed E-state index contributed by atoms with van der Waals surface area (Å²) >= 11 is 5.46. The molecule has 0 N–H and O–H groups in total. The lowest BCUT2D eigenvalue weighted by molar-refractivity contribution is 0.0833. The highest BCUT2D eigenvalue weighted by Gasteiger charge is 2.21. The highest BCUT2D eigenvalue weighted by atomic mass is 35.5. The van der Waals surface area contributed by atoms with E-state index in [1.807, 2.05) is 13.8 Å². The van der Waals surface area contributed by atoms with Crippen molar-refractivity contribution >= 4 is 11.6 Å². The first-order chi connectivity index (χ1) is 4.98. The fraction of sp³-hybridized carbons (Fsp3) is 1.00. The molecule has 0 aliphatic rings. The van der Waals surface area contributed by atoms with Crippen molar-refractivity contribution in [1.29, 1.82) is 0 Å². The summed E-state index contributed by atoms with van der Waals surface area (Å²) in [6.07, 6.45) is -0.619. The van der Waals surface area contributed by atoms with Gasteiger partial charge in [0.2, 0.25) is 6.43 Å². The molecule has 68 valence electrons. The third-order valence-electron chi connectivity index (χ3n) is 1.69. The van der Waals surface area contributed by atoms with Crippen LogP contribution in [-0.4, -0.2) is 12.3 Å². The molecule has 0 radical (unpaired) electrons. The van der Waals surface area contributed by atoms with Gasteiger partial charge in [0.1, 0.15) is 0 Å². The van der Waals surface area contributed by atoms with Crippen molar-refractivity contribution in [3.63, 3.8) is 0 Å². The number of rotatable bonds is 5. The van der Waals surface area contributed by atoms with Crippen LogP contribution in [0.25, 0.3) is 0 Å². The zero-order valence-electron chi connectivity index (χ0n) is 7.04. The number of alkyl halides is 3. The zero-order valence-corrected chi connectivity index (χ0v) is 7.80. The van der Waals surface area contributed by atoms with E-state index in [1.165, 1.54) is 0 Å². The average molecular weight is 185 g/mol. The first-order valence-corrected chi connectivity index (χ1v) is 4.35. The van der Waals surface area contributed by atoms with Crippen molar-refractivity contribution in [3.8, 4) is 0 Å². The van der Waals surface area contributed by atoms with Crippen LogP contribution in [0.1, 0.15) is 33.1 Å². The Morgan fingerprint density at radius 1 is 1.36 bits per heavy atom. The smallest absolute Gasteiger partial charge is 0.211 e. The van der Waals surface area contributed by atoms with E-state index in [0.717, 1.165) is 12.8 Å². The Hall–Kier alpha value is 0.150. The van der Waals surface area contributed by atoms with Crippen LogP contribution in [0.15, 0.2) is 0 Å². The summed E-state index contributed by atoms with van der Waals surface area (Å²) in [5.41, 5.74) is -0.261. The second kappa shape index (κ2) is 4.91. The van der Waals surface area contributed by atoms with Crippen molar-refractivity contribution in [3.05, 3.63) is 0 Å². The quantitative estimate of drug-likeness (QED) is 0.572. The molecule has 0 bridgehead atoms. The summed E-state index contributed by atoms with van der Waals surface area (Å²) in [7, 11) is 0. The van der Waals surface area contributed by atoms with Crippen LogP contribution in [0.3, 0.4) is 0 Å². The molecule has 0 unspecified atom stereocenters. The van der Waals surface area contributed by atoms with Gasteiger partial charge in [-0.05, 0) is 18.3 Å². The van der Waals surface area contributed by atoms with E-state index < -0.39 is 6.43 Å². The van der Waals surface area contributed by atoms with E-state index in [-0.39, 0.29) is 11.8 Å². The molecule has 0 amide bonds. The summed E-state index contributed by atoms with van der Waals surface area (Å²) in [5, 5.41) is 0. The fourth-order valence-corrected chi connectivity index (χ4v) is 1.20. The first-order valence-electron chi connectivity index (χ1n) is 3.82. The second-order valence-corrected chi connectivity index (χ2v) is 3.93. The molecule has 0 heterocycles. The van der Waals surface area contributed by atoms with Gasteiger partial charge in [-0.3, -0.25) is 0 Å². The van der Waals surface area contributed by atoms with Crippen LogP contribution in [0, 0.1) is 5.41 Å². The maximum absolute atomic E-state index is 11.9. The van der Waals surface area contributed by atoms with Gasteiger partial charge in [0.15, 0.2) is 0 Å². The van der Waals surface area contributed by atoms with Gasteiger partial charge >= 0.3 is 0 Å². The van der Waals surface area contributed by atoms with E-state index in [9.17, 15) is 8.78 Å². The first kappa shape index (κ1) is 11.2. The molecule has 3 heteroatoms. The maximum Gasteiger partial charge on any atom is 0.239 e. The number of hydrogen-bond donors (Lipinski definition) is 0. The summed E-state index contributed by atoms with van der Waals surface area (Å²) in [6.45, 7) is 3.71. The van der Waals surface area contributed by atoms with Crippen molar-refractivity contribution < 1.29 is 8.78 Å². The molecule has 0 saturated carbocycles. The molecule has 0 aliphatic carbocycles. The Morgan fingerprint density at radius 3 is 2.27 bits per heavy atom. The van der Waals surface area contributed by atoms with E-state index in [1.54, 1.807) is 0 Å². The van der Waals surface area contributed by atoms with E-state index in [0.29, 0.717) is 5.88 Å². The van der Waals surface area contributed by atoms with Crippen LogP contribution < -0.4 is 0 Å². The zero-order chi connectivity index (χ0) is 8.91. The van der Waals surface area contributed by atoms with Crippen molar-refractivity contribution in [1.82, 2.24) is 0 Å². The fourth-order valence-electron chi connectivity index (χ4n) is 1.07. The summed E-state index contributed by atoms with van der Waals surface area (Å²) in [5.74, 6) is 0.562. The molecule has 0 saturated heterocycles. The van der Waals surface area contributed by atoms with Gasteiger partial charge in [-0.2, -0.15) is 0 Å². The van der Waals surface area contributed by atoms with Gasteiger partial charge in [-0.1, -0.05) is 13.8 Å². The standard InChI is InChI=1S/C8H15ClF2/c1-8(2,4-3-5-9)6-7(10)11/h7H,3-6H2,1-2H3. The van der Waals surface area contributed by atoms with Crippen LogP contribution in [0.5, 0.6) is 0 Å². The Balaban J connectivity index is 3.61. The lowest BCUT2D eigenvalue weighted by Crippen LogP contribution is -2.15. The second-order valence-electron chi connectivity index (χ2n) is 3.55. The SMILES string of the molecule is CC(C)(CCCCl)CC(F)F. The molecule has 0 aliphatic heterocycles.